The zero-order valence-electron chi connectivity index (χ0n) is 13.5. The monoisotopic (exact) mass is 312 g/mol. The Morgan fingerprint density at radius 3 is 2.87 bits per heavy atom. The molecule has 0 saturated carbocycles. The van der Waals surface area contributed by atoms with Gasteiger partial charge in [-0.1, -0.05) is 31.0 Å². The number of nitrogens with zero attached hydrogens (tertiary/aromatic N) is 3. The van der Waals surface area contributed by atoms with E-state index in [0.29, 0.717) is 18.3 Å². The first-order valence-corrected chi connectivity index (χ1v) is 7.38. The molecule has 1 aromatic heterocycles. The minimum atomic E-state index is -0.108. The maximum atomic E-state index is 11.8. The van der Waals surface area contributed by atoms with Gasteiger partial charge in [0, 0.05) is 24.2 Å². The molecule has 23 heavy (non-hydrogen) atoms. The molecule has 2 rings (SSSR count). The predicted molar refractivity (Wildman–Crippen MR) is 87.9 cm³/mol. The van der Waals surface area contributed by atoms with Gasteiger partial charge in [0.1, 0.15) is 0 Å². The quantitative estimate of drug-likeness (QED) is 0.825. The Balaban J connectivity index is 2.25. The maximum absolute atomic E-state index is 11.8. The highest BCUT2D eigenvalue weighted by atomic mass is 16.5. The minimum absolute atomic E-state index is 0.108. The summed E-state index contributed by atoms with van der Waals surface area (Å²) in [6, 6.07) is 7.45. The lowest BCUT2D eigenvalue weighted by Gasteiger charge is -2.22. The number of amides is 1. The molecule has 0 aliphatic heterocycles. The van der Waals surface area contributed by atoms with Crippen molar-refractivity contribution in [2.24, 2.45) is 0 Å². The molecule has 6 nitrogen and oxygen atoms in total. The van der Waals surface area contributed by atoms with Crippen molar-refractivity contribution < 1.29 is 9.32 Å². The normalized spacial score (nSPS) is 10.4. The van der Waals surface area contributed by atoms with E-state index >= 15 is 0 Å². The fraction of sp³-hybridized carbons (Fsp3) is 0.353. The van der Waals surface area contributed by atoms with Crippen LogP contribution in [0.3, 0.4) is 0 Å². The van der Waals surface area contributed by atoms with Crippen LogP contribution in [0.4, 0.5) is 5.69 Å². The second-order valence-corrected chi connectivity index (χ2v) is 5.43. The van der Waals surface area contributed by atoms with Gasteiger partial charge in [0.15, 0.2) is 5.82 Å². The van der Waals surface area contributed by atoms with Crippen molar-refractivity contribution in [2.45, 2.75) is 26.3 Å². The summed E-state index contributed by atoms with van der Waals surface area (Å²) in [4.78, 5) is 18.0. The third kappa shape index (κ3) is 4.33. The molecule has 0 atom stereocenters. The van der Waals surface area contributed by atoms with Crippen LogP contribution in [0.1, 0.15) is 37.0 Å². The summed E-state index contributed by atoms with van der Waals surface area (Å²) in [5.74, 6) is 3.76. The van der Waals surface area contributed by atoms with Crippen LogP contribution < -0.4 is 10.2 Å². The number of aromatic nitrogens is 2. The van der Waals surface area contributed by atoms with Crippen LogP contribution in [-0.2, 0) is 11.3 Å². The number of hydrogen-bond donors (Lipinski definition) is 1. The summed E-state index contributed by atoms with van der Waals surface area (Å²) in [5.41, 5.74) is 1.58. The summed E-state index contributed by atoms with van der Waals surface area (Å²) >= 11 is 0. The van der Waals surface area contributed by atoms with E-state index < -0.39 is 0 Å². The highest BCUT2D eigenvalue weighted by Gasteiger charge is 2.16. The highest BCUT2D eigenvalue weighted by molar-refractivity contribution is 5.81. The number of hydrogen-bond acceptors (Lipinski definition) is 5. The third-order valence-corrected chi connectivity index (χ3v) is 3.30. The Labute approximate surface area is 135 Å². The lowest BCUT2D eigenvalue weighted by Crippen LogP contribution is -2.35. The zero-order chi connectivity index (χ0) is 16.8. The highest BCUT2D eigenvalue weighted by Crippen LogP contribution is 2.19. The second kappa shape index (κ2) is 7.45. The van der Waals surface area contributed by atoms with Crippen molar-refractivity contribution >= 4 is 11.6 Å². The smallest absolute Gasteiger partial charge is 0.239 e. The fourth-order valence-electron chi connectivity index (χ4n) is 2.02. The Morgan fingerprint density at radius 2 is 2.26 bits per heavy atom. The van der Waals surface area contributed by atoms with Gasteiger partial charge in [-0.25, -0.2) is 0 Å². The lowest BCUT2D eigenvalue weighted by atomic mass is 10.2. The molecular formula is C17H20N4O2. The van der Waals surface area contributed by atoms with Crippen molar-refractivity contribution in [3.8, 4) is 12.3 Å². The van der Waals surface area contributed by atoms with E-state index in [2.05, 4.69) is 21.4 Å². The number of carbonyl (C=O) groups excluding carboxylic acids is 1. The molecule has 0 bridgehead atoms. The zero-order valence-corrected chi connectivity index (χ0v) is 13.5. The summed E-state index contributed by atoms with van der Waals surface area (Å²) in [7, 11) is 1.60. The standard InChI is InChI=1S/C17H20N4O2/c1-5-13-7-6-8-14(9-13)21(11-16(22)18-4)10-15-19-17(12(2)3)23-20-15/h1,6-9,12H,10-11H2,2-4H3,(H,18,22). The van der Waals surface area contributed by atoms with E-state index in [1.165, 1.54) is 0 Å². The van der Waals surface area contributed by atoms with Crippen LogP contribution in [0, 0.1) is 12.3 Å². The fourth-order valence-corrected chi connectivity index (χ4v) is 2.02. The van der Waals surface area contributed by atoms with Gasteiger partial charge in [-0.2, -0.15) is 4.98 Å². The number of nitrogens with one attached hydrogen (secondary N) is 1. The number of carbonyl (C=O) groups is 1. The average Bonchev–Trinajstić information content (AvgIpc) is 3.03. The first-order chi connectivity index (χ1) is 11.0. The molecular weight excluding hydrogens is 292 g/mol. The molecule has 1 N–H and O–H groups in total. The van der Waals surface area contributed by atoms with Gasteiger partial charge in [-0.15, -0.1) is 6.42 Å². The van der Waals surface area contributed by atoms with E-state index in [1.807, 2.05) is 43.0 Å². The molecule has 0 fully saturated rings. The molecule has 0 spiro atoms. The molecule has 1 aromatic carbocycles. The van der Waals surface area contributed by atoms with Gasteiger partial charge in [-0.05, 0) is 18.2 Å². The van der Waals surface area contributed by atoms with Crippen molar-refractivity contribution in [1.29, 1.82) is 0 Å². The molecule has 2 aromatic rings. The Morgan fingerprint density at radius 1 is 1.48 bits per heavy atom. The van der Waals surface area contributed by atoms with Crippen LogP contribution in [0.2, 0.25) is 0 Å². The number of terminal acetylenes is 1. The van der Waals surface area contributed by atoms with Gasteiger partial charge < -0.3 is 14.7 Å². The van der Waals surface area contributed by atoms with E-state index in [1.54, 1.807) is 7.05 Å². The van der Waals surface area contributed by atoms with Crippen molar-refractivity contribution in [3.63, 3.8) is 0 Å². The summed E-state index contributed by atoms with van der Waals surface area (Å²) < 4.78 is 5.22. The Kier molecular flexibility index (Phi) is 5.36. The van der Waals surface area contributed by atoms with Gasteiger partial charge in [-0.3, -0.25) is 4.79 Å². The summed E-state index contributed by atoms with van der Waals surface area (Å²) in [6.07, 6.45) is 5.45. The third-order valence-electron chi connectivity index (χ3n) is 3.30. The Bertz CT molecular complexity index is 715. The van der Waals surface area contributed by atoms with Crippen LogP contribution >= 0.6 is 0 Å². The van der Waals surface area contributed by atoms with Crippen LogP contribution in [0.5, 0.6) is 0 Å². The molecule has 6 heteroatoms. The van der Waals surface area contributed by atoms with Gasteiger partial charge in [0.2, 0.25) is 11.8 Å². The largest absolute Gasteiger partial charge is 0.358 e. The van der Waals surface area contributed by atoms with E-state index in [-0.39, 0.29) is 18.4 Å². The molecule has 0 aliphatic carbocycles. The van der Waals surface area contributed by atoms with Gasteiger partial charge in [0.05, 0.1) is 13.1 Å². The topological polar surface area (TPSA) is 71.3 Å². The minimum Gasteiger partial charge on any atom is -0.358 e. The van der Waals surface area contributed by atoms with Gasteiger partial charge >= 0.3 is 0 Å². The second-order valence-electron chi connectivity index (χ2n) is 5.43. The van der Waals surface area contributed by atoms with Crippen molar-refractivity contribution in [2.75, 3.05) is 18.5 Å². The predicted octanol–water partition coefficient (Wildman–Crippen LogP) is 1.93. The van der Waals surface area contributed by atoms with Crippen LogP contribution in [-0.4, -0.2) is 29.6 Å². The SMILES string of the molecule is C#Cc1cccc(N(CC(=O)NC)Cc2noc(C(C)C)n2)c1. The maximum Gasteiger partial charge on any atom is 0.239 e. The van der Waals surface area contributed by atoms with Crippen molar-refractivity contribution in [1.82, 2.24) is 15.5 Å². The summed E-state index contributed by atoms with van der Waals surface area (Å²) in [6.45, 7) is 4.50. The molecule has 0 aliphatic rings. The van der Waals surface area contributed by atoms with E-state index in [9.17, 15) is 4.79 Å². The first kappa shape index (κ1) is 16.6. The molecule has 120 valence electrons. The average molecular weight is 312 g/mol. The van der Waals surface area contributed by atoms with E-state index in [4.69, 9.17) is 10.9 Å². The molecule has 0 unspecified atom stereocenters. The number of benzene rings is 1. The number of likely N-dealkylation sites (N-methyl/N-ethyl adjacent to an activating group) is 1. The molecule has 1 heterocycles. The number of rotatable bonds is 6. The van der Waals surface area contributed by atoms with Gasteiger partial charge in [0.25, 0.3) is 0 Å². The number of anilines is 1. The Hall–Kier alpha value is -2.81. The van der Waals surface area contributed by atoms with Crippen molar-refractivity contribution in [3.05, 3.63) is 41.5 Å². The summed E-state index contributed by atoms with van der Waals surface area (Å²) in [5, 5.41) is 6.60. The van der Waals surface area contributed by atoms with Crippen LogP contribution in [0.15, 0.2) is 28.8 Å². The molecule has 1 amide bonds. The van der Waals surface area contributed by atoms with E-state index in [0.717, 1.165) is 11.3 Å². The van der Waals surface area contributed by atoms with Crippen LogP contribution in [0.25, 0.3) is 0 Å². The lowest BCUT2D eigenvalue weighted by molar-refractivity contribution is -0.119. The molecule has 0 radical (unpaired) electrons. The first-order valence-electron chi connectivity index (χ1n) is 7.38. The molecule has 0 saturated heterocycles.